The Morgan fingerprint density at radius 2 is 0.966 bits per heavy atom. The average molecular weight is 478 g/mol. The van der Waals surface area contributed by atoms with Crippen molar-refractivity contribution in [3.63, 3.8) is 0 Å². The number of rotatable bonds is 12. The van der Waals surface area contributed by atoms with Crippen LogP contribution >= 0.6 is 0 Å². The maximum Gasteiger partial charge on any atom is 0.329 e. The van der Waals surface area contributed by atoms with Crippen molar-refractivity contribution in [3.05, 3.63) is 23.7 Å². The van der Waals surface area contributed by atoms with E-state index in [0.717, 1.165) is 27.7 Å². The quantitative estimate of drug-likeness (QED) is 0.237. The molecule has 0 heterocycles. The van der Waals surface area contributed by atoms with Crippen LogP contribution in [-0.2, 0) is 34.7 Å². The predicted octanol–water partition coefficient (Wildman–Crippen LogP) is 4.10. The Morgan fingerprint density at radius 3 is 1.17 bits per heavy atom. The molecule has 0 aromatic carbocycles. The van der Waals surface area contributed by atoms with Gasteiger partial charge in [-0.05, 0) is 27.7 Å². The summed E-state index contributed by atoms with van der Waals surface area (Å²) >= 11 is 0. The maximum atomic E-state index is 13.0. The Labute approximate surface area is 164 Å². The minimum Gasteiger partial charge on any atom is -0.455 e. The first-order valence-corrected chi connectivity index (χ1v) is 10.8. The molecule has 0 N–H and O–H groups in total. The Bertz CT molecular complexity index is 749. The molecule has 0 spiro atoms. The van der Waals surface area contributed by atoms with Gasteiger partial charge < -0.3 is 14.2 Å². The Hall–Kier alpha value is -1.32. The van der Waals surface area contributed by atoms with Gasteiger partial charge >= 0.3 is 32.6 Å². The second-order valence-electron chi connectivity index (χ2n) is 5.86. The summed E-state index contributed by atoms with van der Waals surface area (Å²) < 4.78 is 134. The molecule has 0 aromatic heterocycles. The molecular formula is C14H20F6O7S2. The Morgan fingerprint density at radius 1 is 0.690 bits per heavy atom. The third-order valence-electron chi connectivity index (χ3n) is 3.25. The number of hydrogen-bond donors (Lipinski definition) is 0. The minimum absolute atomic E-state index is 0.799. The van der Waals surface area contributed by atoms with E-state index in [0.29, 0.717) is 0 Å². The highest BCUT2D eigenvalue weighted by atomic mass is 32.3. The maximum absolute atomic E-state index is 13.0. The molecule has 0 rings (SSSR count). The fourth-order valence-electron chi connectivity index (χ4n) is 1.87. The highest BCUT2D eigenvalue weighted by Crippen LogP contribution is 2.27. The Balaban J connectivity index is 5.23. The van der Waals surface area contributed by atoms with Crippen molar-refractivity contribution in [2.24, 2.45) is 0 Å². The molecule has 0 saturated carbocycles. The molecule has 0 aromatic rings. The molecule has 0 fully saturated rings. The fourth-order valence-corrected chi connectivity index (χ4v) is 2.51. The second-order valence-corrected chi connectivity index (χ2v) is 9.09. The van der Waals surface area contributed by atoms with E-state index in [1.54, 1.807) is 0 Å². The molecular weight excluding hydrogens is 458 g/mol. The molecule has 0 aliphatic rings. The summed E-state index contributed by atoms with van der Waals surface area (Å²) in [6.07, 6.45) is -9.62. The van der Waals surface area contributed by atoms with Crippen molar-refractivity contribution in [2.75, 3.05) is 0 Å². The molecule has 15 heteroatoms. The molecule has 4 atom stereocenters. The van der Waals surface area contributed by atoms with E-state index in [1.165, 1.54) is 0 Å². The van der Waals surface area contributed by atoms with Crippen molar-refractivity contribution < 1.29 is 56.4 Å². The van der Waals surface area contributed by atoms with Gasteiger partial charge in [0.2, 0.25) is 0 Å². The first-order valence-electron chi connectivity index (χ1n) is 7.89. The monoisotopic (exact) mass is 478 g/mol. The zero-order chi connectivity index (χ0) is 23.2. The fraction of sp³-hybridized carbons (Fsp3) is 0.714. The van der Waals surface area contributed by atoms with Crippen LogP contribution in [0.3, 0.4) is 0 Å². The topological polar surface area (TPSA) is 96.0 Å². The first-order chi connectivity index (χ1) is 12.9. The van der Waals surface area contributed by atoms with Crippen molar-refractivity contribution in [3.8, 4) is 0 Å². The van der Waals surface area contributed by atoms with Crippen LogP contribution in [0.4, 0.5) is 25.3 Å². The molecule has 0 bridgehead atoms. The molecule has 7 nitrogen and oxygen atoms in total. The van der Waals surface area contributed by atoms with Crippen molar-refractivity contribution in [2.45, 2.75) is 63.6 Å². The van der Waals surface area contributed by atoms with Crippen LogP contribution in [0.1, 0.15) is 40.5 Å². The van der Waals surface area contributed by atoms with Crippen LogP contribution in [-0.4, -0.2) is 39.9 Å². The first kappa shape index (κ1) is 27.7. The van der Waals surface area contributed by atoms with Gasteiger partial charge in [0.1, 0.15) is 0 Å². The number of halogens is 6. The molecule has 0 radical (unpaired) electrons. The van der Waals surface area contributed by atoms with Gasteiger partial charge in [0.25, 0.3) is 0 Å². The molecule has 0 amide bonds. The Kier molecular flexibility index (Phi) is 10.7. The lowest BCUT2D eigenvalue weighted by molar-refractivity contribution is 0.0272. The molecule has 0 aliphatic carbocycles. The van der Waals surface area contributed by atoms with Crippen LogP contribution in [0.2, 0.25) is 0 Å². The van der Waals surface area contributed by atoms with E-state index in [2.05, 4.69) is 14.2 Å². The van der Waals surface area contributed by atoms with Crippen LogP contribution in [0.5, 0.6) is 0 Å². The summed E-state index contributed by atoms with van der Waals surface area (Å²) in [6, 6.07) is 0. The number of hydrogen-bond acceptors (Lipinski definition) is 7. The minimum atomic E-state index is -5.12. The lowest BCUT2D eigenvalue weighted by atomic mass is 10.2. The highest BCUT2D eigenvalue weighted by Gasteiger charge is 2.27. The molecule has 29 heavy (non-hydrogen) atoms. The van der Waals surface area contributed by atoms with Gasteiger partial charge in [-0.15, -0.1) is 7.77 Å². The molecule has 0 aliphatic heterocycles. The predicted molar refractivity (Wildman–Crippen MR) is 88.9 cm³/mol. The summed E-state index contributed by atoms with van der Waals surface area (Å²) in [5.41, 5.74) is -3.99. The van der Waals surface area contributed by atoms with E-state index in [1.807, 2.05) is 0 Å². The normalized spacial score (nSPS) is 16.5. The van der Waals surface area contributed by atoms with Gasteiger partial charge in [-0.1, -0.05) is 0 Å². The standard InChI is InChI=1S/C14H20F6O7S2/c1-7(25-9(3)28(19,21)22)5-11(13(15)16)27-12(14(17)18)6-8(2)26-10(4)29(20,23)24/h7-10H,5-6H2,1-4H3. The van der Waals surface area contributed by atoms with Crippen molar-refractivity contribution in [1.82, 2.24) is 0 Å². The molecule has 4 unspecified atom stereocenters. The van der Waals surface area contributed by atoms with E-state index >= 15 is 0 Å². The van der Waals surface area contributed by atoms with E-state index in [4.69, 9.17) is 0 Å². The van der Waals surface area contributed by atoms with E-state index < -0.39 is 80.0 Å². The van der Waals surface area contributed by atoms with Gasteiger partial charge in [0.15, 0.2) is 22.4 Å². The summed E-state index contributed by atoms with van der Waals surface area (Å²) in [5.74, 6) is -2.63. The average Bonchev–Trinajstić information content (AvgIpc) is 2.50. The van der Waals surface area contributed by atoms with Crippen molar-refractivity contribution in [1.29, 1.82) is 0 Å². The summed E-state index contributed by atoms with van der Waals surface area (Å²) in [5, 5.41) is 0. The molecule has 172 valence electrons. The SMILES string of the molecule is CC(CC(OC(CC(C)OC(C)S(=O)(=O)F)=C(F)F)=C(F)F)OC(C)S(=O)(=O)F. The van der Waals surface area contributed by atoms with Crippen LogP contribution in [0.25, 0.3) is 0 Å². The second kappa shape index (κ2) is 11.2. The van der Waals surface area contributed by atoms with Gasteiger partial charge in [-0.3, -0.25) is 0 Å². The lowest BCUT2D eigenvalue weighted by Crippen LogP contribution is -2.24. The zero-order valence-corrected chi connectivity index (χ0v) is 17.3. The largest absolute Gasteiger partial charge is 0.455 e. The molecule has 0 saturated heterocycles. The van der Waals surface area contributed by atoms with Crippen LogP contribution in [0, 0.1) is 0 Å². The van der Waals surface area contributed by atoms with Crippen LogP contribution in [0.15, 0.2) is 23.7 Å². The smallest absolute Gasteiger partial charge is 0.329 e. The van der Waals surface area contributed by atoms with Gasteiger partial charge in [-0.2, -0.15) is 34.4 Å². The van der Waals surface area contributed by atoms with Crippen molar-refractivity contribution >= 4 is 20.4 Å². The zero-order valence-electron chi connectivity index (χ0n) is 15.7. The number of ether oxygens (including phenoxy) is 3. The van der Waals surface area contributed by atoms with Gasteiger partial charge in [0.05, 0.1) is 12.2 Å². The van der Waals surface area contributed by atoms with E-state index in [9.17, 15) is 42.2 Å². The van der Waals surface area contributed by atoms with Crippen LogP contribution < -0.4 is 0 Å². The summed E-state index contributed by atoms with van der Waals surface area (Å²) in [7, 11) is -10.2. The van der Waals surface area contributed by atoms with E-state index in [-0.39, 0.29) is 0 Å². The summed E-state index contributed by atoms with van der Waals surface area (Å²) in [6.45, 7) is 3.74. The highest BCUT2D eigenvalue weighted by molar-refractivity contribution is 7.87. The lowest BCUT2D eigenvalue weighted by Gasteiger charge is -2.20. The third-order valence-corrected chi connectivity index (χ3v) is 5.06. The third kappa shape index (κ3) is 10.9. The summed E-state index contributed by atoms with van der Waals surface area (Å²) in [4.78, 5) is 0. The van der Waals surface area contributed by atoms with Gasteiger partial charge in [0, 0.05) is 12.8 Å². The van der Waals surface area contributed by atoms with Gasteiger partial charge in [-0.25, -0.2) is 0 Å².